The van der Waals surface area contributed by atoms with Gasteiger partial charge in [0.25, 0.3) is 0 Å². The number of H-pyrrole nitrogens is 1. The van der Waals surface area contributed by atoms with E-state index >= 15 is 0 Å². The summed E-state index contributed by atoms with van der Waals surface area (Å²) in [6.45, 7) is 1.53. The summed E-state index contributed by atoms with van der Waals surface area (Å²) in [5, 5.41) is 18.5. The number of nitrogens with zero attached hydrogens (tertiary/aromatic N) is 2. The van der Waals surface area contributed by atoms with Crippen LogP contribution in [0.4, 0.5) is 8.78 Å². The Morgan fingerprint density at radius 2 is 1.89 bits per heavy atom. The van der Waals surface area contributed by atoms with Crippen LogP contribution in [-0.2, 0) is 14.3 Å². The van der Waals surface area contributed by atoms with Crippen LogP contribution < -0.4 is 0 Å². The fraction of sp³-hybridized carbons (Fsp3) is 0.385. The van der Waals surface area contributed by atoms with E-state index in [1.165, 1.54) is 6.07 Å². The zero-order chi connectivity index (χ0) is 24.1. The van der Waals surface area contributed by atoms with Gasteiger partial charge in [-0.3, -0.25) is 5.10 Å². The SMILES string of the molecule is O=C(O)[C@H]1CC[C@H](c2c(C3CCOCC3)n(-c3ccc(F)c(F)c3)c3cc4cn[nH]c4cc23)CO1. The number of halogens is 2. The number of aromatic nitrogens is 3. The fourth-order valence-corrected chi connectivity index (χ4v) is 5.65. The zero-order valence-electron chi connectivity index (χ0n) is 19.0. The predicted octanol–water partition coefficient (Wildman–Crippen LogP) is 5.03. The molecule has 182 valence electrons. The first kappa shape index (κ1) is 22.2. The maximum atomic E-state index is 14.4. The Hall–Kier alpha value is -3.30. The lowest BCUT2D eigenvalue weighted by Crippen LogP contribution is -2.31. The normalized spacial score (nSPS) is 21.7. The number of benzene rings is 2. The topological polar surface area (TPSA) is 89.4 Å². The molecule has 4 aromatic rings. The highest BCUT2D eigenvalue weighted by molar-refractivity contribution is 5.99. The molecule has 0 aliphatic carbocycles. The average molecular weight is 481 g/mol. The number of fused-ring (bicyclic) bond motifs is 2. The molecule has 2 fully saturated rings. The maximum absolute atomic E-state index is 14.4. The Morgan fingerprint density at radius 3 is 2.60 bits per heavy atom. The van der Waals surface area contributed by atoms with Crippen LogP contribution in [0.25, 0.3) is 27.5 Å². The number of aromatic amines is 1. The summed E-state index contributed by atoms with van der Waals surface area (Å²) >= 11 is 0. The molecule has 0 amide bonds. The molecule has 2 aromatic carbocycles. The summed E-state index contributed by atoms with van der Waals surface area (Å²) < 4.78 is 41.7. The quantitative estimate of drug-likeness (QED) is 0.427. The lowest BCUT2D eigenvalue weighted by molar-refractivity contribution is -0.153. The maximum Gasteiger partial charge on any atom is 0.332 e. The molecule has 0 spiro atoms. The van der Waals surface area contributed by atoms with Crippen molar-refractivity contribution in [1.29, 1.82) is 0 Å². The van der Waals surface area contributed by atoms with Crippen molar-refractivity contribution in [2.45, 2.75) is 43.6 Å². The predicted molar refractivity (Wildman–Crippen MR) is 125 cm³/mol. The molecule has 2 aliphatic heterocycles. The lowest BCUT2D eigenvalue weighted by atomic mass is 9.84. The zero-order valence-corrected chi connectivity index (χ0v) is 19.0. The van der Waals surface area contributed by atoms with Gasteiger partial charge in [-0.25, -0.2) is 13.6 Å². The lowest BCUT2D eigenvalue weighted by Gasteiger charge is -2.31. The third-order valence-electron chi connectivity index (χ3n) is 7.33. The Kier molecular flexibility index (Phi) is 5.53. The molecule has 2 aromatic heterocycles. The highest BCUT2D eigenvalue weighted by atomic mass is 19.2. The summed E-state index contributed by atoms with van der Waals surface area (Å²) in [5.41, 5.74) is 4.42. The van der Waals surface area contributed by atoms with Crippen LogP contribution in [0, 0.1) is 11.6 Å². The number of hydrogen-bond donors (Lipinski definition) is 2. The summed E-state index contributed by atoms with van der Waals surface area (Å²) in [6, 6.07) is 8.06. The largest absolute Gasteiger partial charge is 0.479 e. The molecule has 2 saturated heterocycles. The standard InChI is InChI=1S/C26H25F2N3O4/c27-19-3-2-17(10-20(19)28)31-22-9-16-12-29-30-21(16)11-18(22)24(25(31)14-5-7-34-8-6-14)15-1-4-23(26(32)33)35-13-15/h2-3,9-12,14-15,23H,1,4-8,13H2,(H,29,30)(H,32,33)/t15-,23+/m0/s1. The monoisotopic (exact) mass is 481 g/mol. The van der Waals surface area contributed by atoms with E-state index in [0.717, 1.165) is 52.0 Å². The second-order valence-electron chi connectivity index (χ2n) is 9.38. The fourth-order valence-electron chi connectivity index (χ4n) is 5.65. The van der Waals surface area contributed by atoms with Gasteiger partial charge < -0.3 is 19.1 Å². The highest BCUT2D eigenvalue weighted by Gasteiger charge is 2.35. The van der Waals surface area contributed by atoms with E-state index in [1.807, 2.05) is 10.6 Å². The van der Waals surface area contributed by atoms with Crippen LogP contribution in [0.1, 0.15) is 48.8 Å². The van der Waals surface area contributed by atoms with E-state index in [9.17, 15) is 18.7 Å². The second-order valence-corrected chi connectivity index (χ2v) is 9.38. The summed E-state index contributed by atoms with van der Waals surface area (Å²) in [4.78, 5) is 11.5. The molecule has 2 N–H and O–H groups in total. The molecule has 2 aliphatic rings. The van der Waals surface area contributed by atoms with Crippen molar-refractivity contribution >= 4 is 27.8 Å². The van der Waals surface area contributed by atoms with E-state index in [2.05, 4.69) is 16.3 Å². The van der Waals surface area contributed by atoms with Crippen LogP contribution in [0.2, 0.25) is 0 Å². The molecule has 6 rings (SSSR count). The van der Waals surface area contributed by atoms with Gasteiger partial charge in [-0.2, -0.15) is 5.10 Å². The number of ether oxygens (including phenoxy) is 2. The van der Waals surface area contributed by atoms with E-state index in [-0.39, 0.29) is 18.4 Å². The van der Waals surface area contributed by atoms with Crippen LogP contribution in [0.15, 0.2) is 36.5 Å². The summed E-state index contributed by atoms with van der Waals surface area (Å²) in [7, 11) is 0. The molecular weight excluding hydrogens is 456 g/mol. The van der Waals surface area contributed by atoms with E-state index in [4.69, 9.17) is 9.47 Å². The van der Waals surface area contributed by atoms with Crippen molar-refractivity contribution in [3.8, 4) is 5.69 Å². The molecule has 7 nitrogen and oxygen atoms in total. The first-order valence-corrected chi connectivity index (χ1v) is 11.9. The molecule has 9 heteroatoms. The highest BCUT2D eigenvalue weighted by Crippen LogP contribution is 2.45. The Morgan fingerprint density at radius 1 is 1.06 bits per heavy atom. The van der Waals surface area contributed by atoms with Crippen LogP contribution in [0.3, 0.4) is 0 Å². The Bertz CT molecular complexity index is 1420. The Balaban J connectivity index is 1.62. The summed E-state index contributed by atoms with van der Waals surface area (Å²) in [5.74, 6) is -2.63. The van der Waals surface area contributed by atoms with Gasteiger partial charge in [-0.15, -0.1) is 0 Å². The van der Waals surface area contributed by atoms with Gasteiger partial charge in [0.15, 0.2) is 17.7 Å². The third-order valence-corrected chi connectivity index (χ3v) is 7.33. The molecule has 0 unspecified atom stereocenters. The number of carboxylic acids is 1. The minimum atomic E-state index is -0.948. The minimum Gasteiger partial charge on any atom is -0.479 e. The van der Waals surface area contributed by atoms with E-state index in [1.54, 1.807) is 12.3 Å². The van der Waals surface area contributed by atoms with Crippen molar-refractivity contribution in [2.24, 2.45) is 0 Å². The number of carboxylic acid groups (broad SMARTS) is 1. The number of rotatable bonds is 4. The van der Waals surface area contributed by atoms with E-state index in [0.29, 0.717) is 31.7 Å². The van der Waals surface area contributed by atoms with Crippen LogP contribution in [-0.4, -0.2) is 51.8 Å². The second kappa shape index (κ2) is 8.73. The molecular formula is C26H25F2N3O4. The van der Waals surface area contributed by atoms with Gasteiger partial charge in [0.2, 0.25) is 0 Å². The van der Waals surface area contributed by atoms with Gasteiger partial charge in [0, 0.05) is 53.3 Å². The summed E-state index contributed by atoms with van der Waals surface area (Å²) in [6.07, 6.45) is 3.61. The molecule has 0 bridgehead atoms. The van der Waals surface area contributed by atoms with Crippen molar-refractivity contribution in [3.63, 3.8) is 0 Å². The van der Waals surface area contributed by atoms with Crippen LogP contribution in [0.5, 0.6) is 0 Å². The van der Waals surface area contributed by atoms with Gasteiger partial charge in [-0.05, 0) is 55.5 Å². The van der Waals surface area contributed by atoms with Gasteiger partial charge >= 0.3 is 5.97 Å². The number of carbonyl (C=O) groups is 1. The van der Waals surface area contributed by atoms with Gasteiger partial charge in [-0.1, -0.05) is 0 Å². The van der Waals surface area contributed by atoms with Crippen molar-refractivity contribution in [3.05, 3.63) is 59.4 Å². The molecule has 2 atom stereocenters. The molecule has 4 heterocycles. The first-order valence-electron chi connectivity index (χ1n) is 11.9. The smallest absolute Gasteiger partial charge is 0.332 e. The van der Waals surface area contributed by atoms with Crippen molar-refractivity contribution in [1.82, 2.24) is 14.8 Å². The minimum absolute atomic E-state index is 0.0298. The van der Waals surface area contributed by atoms with E-state index < -0.39 is 23.7 Å². The third kappa shape index (κ3) is 3.79. The van der Waals surface area contributed by atoms with Crippen molar-refractivity contribution in [2.75, 3.05) is 19.8 Å². The average Bonchev–Trinajstić information content (AvgIpc) is 3.46. The molecule has 0 saturated carbocycles. The number of hydrogen-bond acceptors (Lipinski definition) is 4. The first-order chi connectivity index (χ1) is 17.0. The molecule has 35 heavy (non-hydrogen) atoms. The van der Waals surface area contributed by atoms with Gasteiger partial charge in [0.1, 0.15) is 0 Å². The van der Waals surface area contributed by atoms with Crippen molar-refractivity contribution < 1.29 is 28.2 Å². The van der Waals surface area contributed by atoms with Gasteiger partial charge in [0.05, 0.1) is 23.8 Å². The molecule has 0 radical (unpaired) electrons. The number of aliphatic carboxylic acids is 1. The van der Waals surface area contributed by atoms with Crippen LogP contribution >= 0.6 is 0 Å². The Labute approximate surface area is 199 Å². The number of nitrogens with one attached hydrogen (secondary N) is 1.